The van der Waals surface area contributed by atoms with E-state index < -0.39 is 0 Å². The molecule has 0 aliphatic carbocycles. The van der Waals surface area contributed by atoms with E-state index in [0.717, 1.165) is 31.1 Å². The number of aromatic nitrogens is 1. The molecule has 5 heteroatoms. The van der Waals surface area contributed by atoms with Crippen LogP contribution in [0.3, 0.4) is 0 Å². The first-order valence-electron chi connectivity index (χ1n) is 6.80. The third kappa shape index (κ3) is 2.68. The minimum atomic E-state index is -0.376. The summed E-state index contributed by atoms with van der Waals surface area (Å²) in [5.41, 5.74) is 0.663. The lowest BCUT2D eigenvalue weighted by Gasteiger charge is -2.17. The van der Waals surface area contributed by atoms with Crippen molar-refractivity contribution < 1.29 is 9.53 Å². The Morgan fingerprint density at radius 2 is 2.14 bits per heavy atom. The maximum atomic E-state index is 12.0. The summed E-state index contributed by atoms with van der Waals surface area (Å²) in [6, 6.07) is 4.04. The number of fused-ring (bicyclic) bond motifs is 3. The largest absolute Gasteiger partial charge is 0.485 e. The van der Waals surface area contributed by atoms with Crippen molar-refractivity contribution in [3.8, 4) is 5.75 Å². The van der Waals surface area contributed by atoms with E-state index in [0.29, 0.717) is 0 Å². The molecule has 3 rings (SSSR count). The minimum Gasteiger partial charge on any atom is -0.485 e. The van der Waals surface area contributed by atoms with E-state index in [1.165, 1.54) is 0 Å². The number of hydrogen-bond donors (Lipinski definition) is 0. The number of carbonyl (C=O) groups is 1. The second kappa shape index (κ2) is 5.07. The summed E-state index contributed by atoms with van der Waals surface area (Å²) in [6.45, 7) is 7.85. The van der Waals surface area contributed by atoms with Gasteiger partial charge in [-0.3, -0.25) is 4.79 Å². The van der Waals surface area contributed by atoms with Gasteiger partial charge < -0.3 is 4.74 Å². The third-order valence-electron chi connectivity index (χ3n) is 3.36. The van der Waals surface area contributed by atoms with E-state index in [2.05, 4.69) is 4.98 Å². The van der Waals surface area contributed by atoms with Crippen LogP contribution < -0.4 is 4.74 Å². The number of ether oxygens (including phenoxy) is 1. The van der Waals surface area contributed by atoms with E-state index in [1.807, 2.05) is 45.2 Å². The molecule has 2 heterocycles. The molecule has 0 saturated heterocycles. The maximum absolute atomic E-state index is 12.0. The van der Waals surface area contributed by atoms with Crippen LogP contribution >= 0.6 is 22.7 Å². The number of Topliss-reactive ketones (excluding diaryl/α,β-unsaturated/α-hetero) is 1. The smallest absolute Gasteiger partial charge is 0.175 e. The first kappa shape index (κ1) is 14.5. The minimum absolute atomic E-state index is 0.103. The molecule has 0 bridgehead atoms. The number of aryl methyl sites for hydroxylation is 1. The second-order valence-electron chi connectivity index (χ2n) is 6.08. The van der Waals surface area contributed by atoms with Gasteiger partial charge in [-0.05, 0) is 18.4 Å². The summed E-state index contributed by atoms with van der Waals surface area (Å²) in [5, 5.41) is 4.12. The highest BCUT2D eigenvalue weighted by Gasteiger charge is 2.22. The molecule has 110 valence electrons. The van der Waals surface area contributed by atoms with Gasteiger partial charge in [0, 0.05) is 16.9 Å². The molecule has 3 nitrogen and oxygen atoms in total. The van der Waals surface area contributed by atoms with Crippen molar-refractivity contribution in [3.05, 3.63) is 22.5 Å². The number of nitrogens with zero attached hydrogens (tertiary/aromatic N) is 1. The van der Waals surface area contributed by atoms with Crippen molar-refractivity contribution in [3.63, 3.8) is 0 Å². The number of carbonyl (C=O) groups excluding carboxylic acids is 1. The van der Waals surface area contributed by atoms with E-state index in [4.69, 9.17) is 4.74 Å². The van der Waals surface area contributed by atoms with Crippen molar-refractivity contribution in [2.45, 2.75) is 27.7 Å². The van der Waals surface area contributed by atoms with Gasteiger partial charge in [-0.2, -0.15) is 0 Å². The lowest BCUT2D eigenvalue weighted by molar-refractivity contribution is -0.128. The predicted molar refractivity (Wildman–Crippen MR) is 89.7 cm³/mol. The Labute approximate surface area is 131 Å². The van der Waals surface area contributed by atoms with Crippen LogP contribution in [0.1, 0.15) is 25.8 Å². The van der Waals surface area contributed by atoms with E-state index in [1.54, 1.807) is 22.7 Å². The molecule has 2 aromatic heterocycles. The van der Waals surface area contributed by atoms with Crippen LogP contribution in [0, 0.1) is 12.3 Å². The number of ketones is 1. The normalized spacial score (nSPS) is 12.2. The van der Waals surface area contributed by atoms with Crippen LogP contribution in [-0.4, -0.2) is 17.4 Å². The molecular weight excluding hydrogens is 302 g/mol. The van der Waals surface area contributed by atoms with Gasteiger partial charge >= 0.3 is 0 Å². The molecule has 1 aromatic carbocycles. The molecule has 3 aromatic rings. The van der Waals surface area contributed by atoms with Crippen LogP contribution in [0.5, 0.6) is 5.75 Å². The molecule has 21 heavy (non-hydrogen) atoms. The van der Waals surface area contributed by atoms with E-state index in [9.17, 15) is 4.79 Å². The number of thiazole rings is 1. The lowest BCUT2D eigenvalue weighted by atomic mass is 9.91. The SMILES string of the molecule is Cc1nc2c(cc(OCC(=O)C(C)(C)C)c3ccsc32)s1. The van der Waals surface area contributed by atoms with Crippen LogP contribution in [0.4, 0.5) is 0 Å². The summed E-state index contributed by atoms with van der Waals surface area (Å²) in [4.78, 5) is 16.6. The Hall–Kier alpha value is -1.46. The van der Waals surface area contributed by atoms with Gasteiger partial charge in [0.05, 0.1) is 19.9 Å². The maximum Gasteiger partial charge on any atom is 0.175 e. The Morgan fingerprint density at radius 1 is 1.38 bits per heavy atom. The highest BCUT2D eigenvalue weighted by atomic mass is 32.1. The number of thiophene rings is 1. The van der Waals surface area contributed by atoms with Gasteiger partial charge in [0.1, 0.15) is 12.4 Å². The number of rotatable bonds is 3. The van der Waals surface area contributed by atoms with Gasteiger partial charge in [0.2, 0.25) is 0 Å². The van der Waals surface area contributed by atoms with Gasteiger partial charge in [0.25, 0.3) is 0 Å². The summed E-state index contributed by atoms with van der Waals surface area (Å²) in [5.74, 6) is 0.881. The molecule has 0 aliphatic rings. The first-order chi connectivity index (χ1) is 9.86. The van der Waals surface area contributed by atoms with Crippen molar-refractivity contribution in [2.75, 3.05) is 6.61 Å². The highest BCUT2D eigenvalue weighted by molar-refractivity contribution is 7.21. The Balaban J connectivity index is 2.01. The molecule has 0 aliphatic heterocycles. The zero-order valence-electron chi connectivity index (χ0n) is 12.5. The lowest BCUT2D eigenvalue weighted by Crippen LogP contribution is -2.26. The second-order valence-corrected chi connectivity index (χ2v) is 8.23. The summed E-state index contributed by atoms with van der Waals surface area (Å²) in [6.07, 6.45) is 0. The summed E-state index contributed by atoms with van der Waals surface area (Å²) in [7, 11) is 0. The third-order valence-corrected chi connectivity index (χ3v) is 5.20. The summed E-state index contributed by atoms with van der Waals surface area (Å²) < 4.78 is 8.07. The quantitative estimate of drug-likeness (QED) is 0.695. The average molecular weight is 319 g/mol. The molecule has 0 saturated carbocycles. The summed E-state index contributed by atoms with van der Waals surface area (Å²) >= 11 is 3.32. The monoisotopic (exact) mass is 319 g/mol. The van der Waals surface area contributed by atoms with Gasteiger partial charge in [-0.15, -0.1) is 22.7 Å². The molecule has 0 fully saturated rings. The Kier molecular flexibility index (Phi) is 3.50. The van der Waals surface area contributed by atoms with Gasteiger partial charge in [-0.1, -0.05) is 20.8 Å². The van der Waals surface area contributed by atoms with Crippen LogP contribution in [-0.2, 0) is 4.79 Å². The predicted octanol–water partition coefficient (Wildman–Crippen LogP) is 4.81. The van der Waals surface area contributed by atoms with Crippen molar-refractivity contribution in [1.29, 1.82) is 0 Å². The molecular formula is C16H17NO2S2. The molecule has 0 atom stereocenters. The fraction of sp³-hybridized carbons (Fsp3) is 0.375. The molecule has 0 N–H and O–H groups in total. The average Bonchev–Trinajstić information content (AvgIpc) is 2.99. The topological polar surface area (TPSA) is 39.2 Å². The zero-order valence-corrected chi connectivity index (χ0v) is 14.2. The molecule has 0 spiro atoms. The van der Waals surface area contributed by atoms with Gasteiger partial charge in [-0.25, -0.2) is 4.98 Å². The van der Waals surface area contributed by atoms with Crippen LogP contribution in [0.2, 0.25) is 0 Å². The fourth-order valence-electron chi connectivity index (χ4n) is 2.07. The molecule has 0 radical (unpaired) electrons. The van der Waals surface area contributed by atoms with Crippen LogP contribution in [0.25, 0.3) is 20.3 Å². The zero-order chi connectivity index (χ0) is 15.2. The molecule has 0 amide bonds. The highest BCUT2D eigenvalue weighted by Crippen LogP contribution is 2.38. The van der Waals surface area contributed by atoms with Crippen molar-refractivity contribution in [1.82, 2.24) is 4.98 Å². The van der Waals surface area contributed by atoms with E-state index in [-0.39, 0.29) is 17.8 Å². The number of hydrogen-bond acceptors (Lipinski definition) is 5. The van der Waals surface area contributed by atoms with Gasteiger partial charge in [0.15, 0.2) is 5.78 Å². The molecule has 0 unspecified atom stereocenters. The van der Waals surface area contributed by atoms with Crippen molar-refractivity contribution in [2.24, 2.45) is 5.41 Å². The standard InChI is InChI=1S/C16H17NO2S2/c1-9-17-14-12(21-9)7-11(10-5-6-20-15(10)14)19-8-13(18)16(2,3)4/h5-7H,8H2,1-4H3. The first-order valence-corrected chi connectivity index (χ1v) is 8.49. The Morgan fingerprint density at radius 3 is 2.86 bits per heavy atom. The Bertz CT molecular complexity index is 824. The van der Waals surface area contributed by atoms with Crippen molar-refractivity contribution >= 4 is 48.8 Å². The fourth-order valence-corrected chi connectivity index (χ4v) is 3.90. The number of benzene rings is 1. The van der Waals surface area contributed by atoms with Crippen LogP contribution in [0.15, 0.2) is 17.5 Å². The van der Waals surface area contributed by atoms with E-state index >= 15 is 0 Å².